The smallest absolute Gasteiger partial charge is 0.213 e. The van der Waals surface area contributed by atoms with Gasteiger partial charge >= 0.3 is 0 Å². The van der Waals surface area contributed by atoms with Crippen LogP contribution in [0.1, 0.15) is 30.8 Å². The van der Waals surface area contributed by atoms with Crippen molar-refractivity contribution >= 4 is 0 Å². The lowest BCUT2D eigenvalue weighted by Gasteiger charge is -2.38. The zero-order valence-electron chi connectivity index (χ0n) is 14.1. The largest absolute Gasteiger partial charge is 0.472 e. The lowest BCUT2D eigenvalue weighted by molar-refractivity contribution is -0.0463. The SMILES string of the molecule is Cc1ccc(CN2CCC3(CC2)C[C@@H](Oc2ccccn2)CO3)o1. The number of rotatable bonds is 4. The molecule has 2 aliphatic rings. The molecule has 2 fully saturated rings. The van der Waals surface area contributed by atoms with Crippen LogP contribution in [0, 0.1) is 6.92 Å². The fraction of sp³-hybridized carbons (Fsp3) is 0.526. The Morgan fingerprint density at radius 1 is 1.25 bits per heavy atom. The van der Waals surface area contributed by atoms with Crippen LogP contribution in [0.15, 0.2) is 40.9 Å². The van der Waals surface area contributed by atoms with Crippen molar-refractivity contribution in [3.63, 3.8) is 0 Å². The first-order valence-electron chi connectivity index (χ1n) is 8.70. The fourth-order valence-electron chi connectivity index (χ4n) is 3.72. The van der Waals surface area contributed by atoms with Gasteiger partial charge in [-0.15, -0.1) is 0 Å². The Bertz CT molecular complexity index is 662. The van der Waals surface area contributed by atoms with Crippen molar-refractivity contribution in [2.45, 2.75) is 44.4 Å². The Morgan fingerprint density at radius 2 is 2.12 bits per heavy atom. The molecule has 2 aromatic heterocycles. The lowest BCUT2D eigenvalue weighted by Crippen LogP contribution is -2.44. The van der Waals surface area contributed by atoms with E-state index in [9.17, 15) is 0 Å². The van der Waals surface area contributed by atoms with Gasteiger partial charge in [-0.25, -0.2) is 4.98 Å². The summed E-state index contributed by atoms with van der Waals surface area (Å²) in [4.78, 5) is 6.68. The molecule has 1 atom stereocenters. The van der Waals surface area contributed by atoms with E-state index in [4.69, 9.17) is 13.9 Å². The minimum atomic E-state index is -0.0188. The maximum absolute atomic E-state index is 6.17. The van der Waals surface area contributed by atoms with Gasteiger partial charge in [0.2, 0.25) is 5.88 Å². The van der Waals surface area contributed by atoms with Gasteiger partial charge in [0.25, 0.3) is 0 Å². The Kier molecular flexibility index (Phi) is 4.29. The normalized spacial score (nSPS) is 23.6. The third-order valence-electron chi connectivity index (χ3n) is 5.04. The second-order valence-corrected chi connectivity index (χ2v) is 6.89. The molecule has 5 heteroatoms. The van der Waals surface area contributed by atoms with Gasteiger partial charge in [0.05, 0.1) is 18.8 Å². The number of nitrogens with zero attached hydrogens (tertiary/aromatic N) is 2. The van der Waals surface area contributed by atoms with Gasteiger partial charge in [-0.3, -0.25) is 4.90 Å². The first-order valence-corrected chi connectivity index (χ1v) is 8.70. The van der Waals surface area contributed by atoms with Crippen LogP contribution in [0.5, 0.6) is 5.88 Å². The van der Waals surface area contributed by atoms with E-state index in [1.165, 1.54) is 0 Å². The van der Waals surface area contributed by atoms with Crippen molar-refractivity contribution in [2.75, 3.05) is 19.7 Å². The van der Waals surface area contributed by atoms with Gasteiger partial charge in [-0.1, -0.05) is 6.07 Å². The number of hydrogen-bond donors (Lipinski definition) is 0. The van der Waals surface area contributed by atoms with Crippen molar-refractivity contribution in [3.8, 4) is 5.88 Å². The highest BCUT2D eigenvalue weighted by atomic mass is 16.6. The Morgan fingerprint density at radius 3 is 2.83 bits per heavy atom. The number of hydrogen-bond acceptors (Lipinski definition) is 5. The van der Waals surface area contributed by atoms with Gasteiger partial charge in [-0.05, 0) is 38.0 Å². The van der Waals surface area contributed by atoms with Gasteiger partial charge < -0.3 is 13.9 Å². The minimum absolute atomic E-state index is 0.0188. The summed E-state index contributed by atoms with van der Waals surface area (Å²) in [6.45, 7) is 5.61. The van der Waals surface area contributed by atoms with E-state index in [0.717, 1.165) is 50.4 Å². The maximum Gasteiger partial charge on any atom is 0.213 e. The predicted molar refractivity (Wildman–Crippen MR) is 89.9 cm³/mol. The van der Waals surface area contributed by atoms with Gasteiger partial charge in [-0.2, -0.15) is 0 Å². The van der Waals surface area contributed by atoms with Gasteiger partial charge in [0.15, 0.2) is 0 Å². The molecule has 0 bridgehead atoms. The number of furan rings is 1. The molecule has 1 spiro atoms. The molecule has 4 rings (SSSR count). The average Bonchev–Trinajstić information content (AvgIpc) is 3.18. The molecule has 0 aromatic carbocycles. The van der Waals surface area contributed by atoms with Crippen LogP contribution in [0.25, 0.3) is 0 Å². The molecule has 128 valence electrons. The third-order valence-corrected chi connectivity index (χ3v) is 5.04. The highest BCUT2D eigenvalue weighted by Gasteiger charge is 2.43. The summed E-state index contributed by atoms with van der Waals surface area (Å²) in [5, 5.41) is 0. The van der Waals surface area contributed by atoms with Crippen LogP contribution in [-0.2, 0) is 11.3 Å². The average molecular weight is 328 g/mol. The van der Waals surface area contributed by atoms with E-state index >= 15 is 0 Å². The molecule has 2 aromatic rings. The summed E-state index contributed by atoms with van der Waals surface area (Å²) < 4.78 is 17.8. The number of pyridine rings is 1. The minimum Gasteiger partial charge on any atom is -0.472 e. The number of ether oxygens (including phenoxy) is 2. The van der Waals surface area contributed by atoms with Crippen molar-refractivity contribution in [1.29, 1.82) is 0 Å². The van der Waals surface area contributed by atoms with Crippen LogP contribution in [0.3, 0.4) is 0 Å². The van der Waals surface area contributed by atoms with Crippen molar-refractivity contribution in [1.82, 2.24) is 9.88 Å². The molecule has 2 saturated heterocycles. The van der Waals surface area contributed by atoms with Crippen LogP contribution in [0.4, 0.5) is 0 Å². The molecule has 0 saturated carbocycles. The highest BCUT2D eigenvalue weighted by molar-refractivity contribution is 5.10. The van der Waals surface area contributed by atoms with E-state index in [0.29, 0.717) is 12.5 Å². The quantitative estimate of drug-likeness (QED) is 0.863. The number of likely N-dealkylation sites (tertiary alicyclic amines) is 1. The maximum atomic E-state index is 6.17. The zero-order chi connectivity index (χ0) is 16.4. The van der Waals surface area contributed by atoms with E-state index < -0.39 is 0 Å². The predicted octanol–water partition coefficient (Wildman–Crippen LogP) is 3.19. The lowest BCUT2D eigenvalue weighted by atomic mass is 9.88. The monoisotopic (exact) mass is 328 g/mol. The van der Waals surface area contributed by atoms with Crippen molar-refractivity contribution in [3.05, 3.63) is 48.0 Å². The van der Waals surface area contributed by atoms with Crippen LogP contribution < -0.4 is 4.74 Å². The molecule has 0 amide bonds. The summed E-state index contributed by atoms with van der Waals surface area (Å²) in [5.74, 6) is 2.72. The molecule has 2 aliphatic heterocycles. The van der Waals surface area contributed by atoms with E-state index in [1.54, 1.807) is 6.20 Å². The molecular weight excluding hydrogens is 304 g/mol. The summed E-state index contributed by atoms with van der Waals surface area (Å²) >= 11 is 0. The van der Waals surface area contributed by atoms with E-state index in [1.807, 2.05) is 31.2 Å². The number of piperidine rings is 1. The highest BCUT2D eigenvalue weighted by Crippen LogP contribution is 2.37. The molecule has 0 unspecified atom stereocenters. The van der Waals surface area contributed by atoms with Crippen LogP contribution >= 0.6 is 0 Å². The molecule has 5 nitrogen and oxygen atoms in total. The van der Waals surface area contributed by atoms with Gasteiger partial charge in [0, 0.05) is 31.8 Å². The summed E-state index contributed by atoms with van der Waals surface area (Å²) in [6, 6.07) is 9.85. The van der Waals surface area contributed by atoms with E-state index in [-0.39, 0.29) is 11.7 Å². The van der Waals surface area contributed by atoms with Gasteiger partial charge in [0.1, 0.15) is 17.6 Å². The topological polar surface area (TPSA) is 47.7 Å². The number of aryl methyl sites for hydroxylation is 1. The molecule has 24 heavy (non-hydrogen) atoms. The Balaban J connectivity index is 1.29. The zero-order valence-corrected chi connectivity index (χ0v) is 14.1. The standard InChI is InChI=1S/C19H24N2O3/c1-15-5-6-16(23-15)13-21-10-7-19(8-11-21)12-17(14-22-19)24-18-4-2-3-9-20-18/h2-6,9,17H,7-8,10-14H2,1H3/t17-/m1/s1. The first-order chi connectivity index (χ1) is 11.7. The molecule has 4 heterocycles. The Hall–Kier alpha value is -1.85. The molecule has 0 N–H and O–H groups in total. The van der Waals surface area contributed by atoms with Crippen LogP contribution in [-0.4, -0.2) is 41.3 Å². The second-order valence-electron chi connectivity index (χ2n) is 6.89. The summed E-state index contributed by atoms with van der Waals surface area (Å²) in [7, 11) is 0. The summed E-state index contributed by atoms with van der Waals surface area (Å²) in [6.07, 6.45) is 4.93. The first kappa shape index (κ1) is 15.7. The Labute approximate surface area is 142 Å². The molecule has 0 aliphatic carbocycles. The van der Waals surface area contributed by atoms with E-state index in [2.05, 4.69) is 16.0 Å². The van der Waals surface area contributed by atoms with Crippen molar-refractivity contribution < 1.29 is 13.9 Å². The molecular formula is C19H24N2O3. The van der Waals surface area contributed by atoms with Crippen LogP contribution in [0.2, 0.25) is 0 Å². The van der Waals surface area contributed by atoms with Crippen molar-refractivity contribution in [2.24, 2.45) is 0 Å². The number of aromatic nitrogens is 1. The third kappa shape index (κ3) is 3.47. The summed E-state index contributed by atoms with van der Waals surface area (Å²) in [5.41, 5.74) is -0.0188. The second kappa shape index (κ2) is 6.57. The fourth-order valence-corrected chi connectivity index (χ4v) is 3.72. The molecule has 0 radical (unpaired) electrons.